The highest BCUT2D eigenvalue weighted by atomic mass is 17.0. The fourth-order valence-corrected chi connectivity index (χ4v) is 2.31. The van der Waals surface area contributed by atoms with Crippen molar-refractivity contribution in [1.82, 2.24) is 0 Å². The van der Waals surface area contributed by atoms with E-state index in [1.165, 1.54) is 0 Å². The standard InChI is InChI=1S/C8H10N8O19/c17-9(18)7(10(19)20,11(21)22)1-5(3-33-15(29)30)35-6(4-34-16(31)32)2-8(12(23)24,13(25)26)14(27)28/h5-6H,1-4H2. The monoisotopic (exact) mass is 522 g/mol. The first kappa shape index (κ1) is 29.8. The van der Waals surface area contributed by atoms with Gasteiger partial charge in [-0.25, -0.2) is 0 Å². The summed E-state index contributed by atoms with van der Waals surface area (Å²) >= 11 is 0. The zero-order valence-corrected chi connectivity index (χ0v) is 16.3. The first-order valence-corrected chi connectivity index (χ1v) is 8.02. The maximum atomic E-state index is 11.1. The van der Waals surface area contributed by atoms with E-state index < -0.39 is 89.6 Å². The molecule has 0 aliphatic carbocycles. The highest BCUT2D eigenvalue weighted by Gasteiger charge is 2.73. The van der Waals surface area contributed by atoms with Gasteiger partial charge < -0.3 is 14.4 Å². The summed E-state index contributed by atoms with van der Waals surface area (Å²) in [6.07, 6.45) is -9.34. The van der Waals surface area contributed by atoms with Crippen molar-refractivity contribution >= 4 is 0 Å². The van der Waals surface area contributed by atoms with Crippen molar-refractivity contribution < 1.29 is 54.1 Å². The first-order chi connectivity index (χ1) is 15.9. The molecule has 0 aromatic rings. The predicted octanol–water partition coefficient (Wildman–Crippen LogP) is -2.10. The average Bonchev–Trinajstić information content (AvgIpc) is 2.69. The quantitative estimate of drug-likeness (QED) is 0.106. The smallest absolute Gasteiger partial charge is 0.369 e. The van der Waals surface area contributed by atoms with Gasteiger partial charge in [0.1, 0.15) is 25.4 Å². The Labute approximate surface area is 186 Å². The number of rotatable bonds is 18. The van der Waals surface area contributed by atoms with Gasteiger partial charge in [0.25, 0.3) is 10.2 Å². The van der Waals surface area contributed by atoms with Crippen LogP contribution in [0.4, 0.5) is 0 Å². The zero-order chi connectivity index (χ0) is 27.7. The van der Waals surface area contributed by atoms with Crippen LogP contribution < -0.4 is 0 Å². The van der Waals surface area contributed by atoms with Gasteiger partial charge in [-0.1, -0.05) is 0 Å². The SMILES string of the molecule is O=[N+]([O-])OCC(CC([N+](=O)[O-])([N+](=O)[O-])[N+](=O)[O-])OC(CO[N+](=O)[O-])CC([N+](=O)[O-])([N+](=O)[O-])[N+](=O)[O-]. The van der Waals surface area contributed by atoms with Crippen LogP contribution in [0.2, 0.25) is 0 Å². The van der Waals surface area contributed by atoms with Crippen molar-refractivity contribution in [2.45, 2.75) is 36.6 Å². The molecule has 0 N–H and O–H groups in total. The Bertz CT molecular complexity index is 774. The fourth-order valence-electron chi connectivity index (χ4n) is 2.31. The van der Waals surface area contributed by atoms with E-state index in [0.29, 0.717) is 0 Å². The minimum absolute atomic E-state index is 1.64. The number of nitro groups is 6. The first-order valence-electron chi connectivity index (χ1n) is 8.02. The summed E-state index contributed by atoms with van der Waals surface area (Å²) in [7, 11) is 0. The highest BCUT2D eigenvalue weighted by Crippen LogP contribution is 2.26. The molecule has 27 heteroatoms. The van der Waals surface area contributed by atoms with Gasteiger partial charge in [-0.3, -0.25) is 60.7 Å². The molecule has 0 aliphatic heterocycles. The van der Waals surface area contributed by atoms with E-state index in [1.54, 1.807) is 0 Å². The van der Waals surface area contributed by atoms with E-state index in [9.17, 15) is 80.9 Å². The van der Waals surface area contributed by atoms with Gasteiger partial charge in [0, 0.05) is 0 Å². The topological polar surface area (TPSA) is 373 Å². The lowest BCUT2D eigenvalue weighted by Crippen LogP contribution is -2.58. The van der Waals surface area contributed by atoms with Crippen LogP contribution in [0.1, 0.15) is 12.8 Å². The fraction of sp³-hybridized carbons (Fsp3) is 1.00. The summed E-state index contributed by atoms with van der Waals surface area (Å²) in [6, 6.07) is 0. The number of hydrogen-bond donors (Lipinski definition) is 0. The lowest BCUT2D eigenvalue weighted by Gasteiger charge is -2.23. The summed E-state index contributed by atoms with van der Waals surface area (Å²) in [5, 5.41) is 84.1. The van der Waals surface area contributed by atoms with Crippen molar-refractivity contribution in [2.24, 2.45) is 0 Å². The Morgan fingerprint density at radius 3 is 0.886 bits per heavy atom. The van der Waals surface area contributed by atoms with E-state index in [-0.39, 0.29) is 0 Å². The number of nitrogens with zero attached hydrogens (tertiary/aromatic N) is 8. The maximum absolute atomic E-state index is 11.1. The van der Waals surface area contributed by atoms with E-state index in [1.807, 2.05) is 0 Å². The molecule has 0 saturated heterocycles. The summed E-state index contributed by atoms with van der Waals surface area (Å²) in [4.78, 5) is 82.4. The summed E-state index contributed by atoms with van der Waals surface area (Å²) in [5.41, 5.74) is 0. The van der Waals surface area contributed by atoms with Crippen molar-refractivity contribution in [1.29, 1.82) is 0 Å². The molecule has 196 valence electrons. The molecule has 27 nitrogen and oxygen atoms in total. The van der Waals surface area contributed by atoms with Crippen molar-refractivity contribution in [2.75, 3.05) is 13.2 Å². The van der Waals surface area contributed by atoms with E-state index in [0.717, 1.165) is 0 Å². The lowest BCUT2D eigenvalue weighted by molar-refractivity contribution is -0.972. The average molecular weight is 522 g/mol. The third-order valence-electron chi connectivity index (χ3n) is 3.87. The van der Waals surface area contributed by atoms with Gasteiger partial charge in [0.2, 0.25) is 0 Å². The molecule has 0 aromatic carbocycles. The third kappa shape index (κ3) is 6.87. The Balaban J connectivity index is 6.52. The predicted molar refractivity (Wildman–Crippen MR) is 91.2 cm³/mol. The van der Waals surface area contributed by atoms with E-state index >= 15 is 0 Å². The van der Waals surface area contributed by atoms with Crippen LogP contribution in [-0.2, 0) is 14.4 Å². The summed E-state index contributed by atoms with van der Waals surface area (Å²) in [6.45, 7) is -3.30. The molecule has 0 fully saturated rings. The largest absolute Gasteiger partial charge is 0.702 e. The van der Waals surface area contributed by atoms with Crippen LogP contribution in [0.3, 0.4) is 0 Å². The molecule has 0 bridgehead atoms. The minimum atomic E-state index is -4.40. The minimum Gasteiger partial charge on any atom is -0.369 e. The second-order valence-corrected chi connectivity index (χ2v) is 5.92. The molecule has 0 amide bonds. The molecule has 0 aliphatic rings. The van der Waals surface area contributed by atoms with Crippen LogP contribution in [0.25, 0.3) is 0 Å². The number of hydrogen-bond acceptors (Lipinski definition) is 19. The van der Waals surface area contributed by atoms with Crippen LogP contribution in [0, 0.1) is 80.9 Å². The van der Waals surface area contributed by atoms with E-state index in [4.69, 9.17) is 0 Å². The summed E-state index contributed by atoms with van der Waals surface area (Å²) < 4.78 is 4.68. The van der Waals surface area contributed by atoms with Crippen molar-refractivity contribution in [3.8, 4) is 0 Å². The molecular formula is C8H10N8O19. The highest BCUT2D eigenvalue weighted by molar-refractivity contribution is 4.71. The Morgan fingerprint density at radius 2 is 0.714 bits per heavy atom. The molecular weight excluding hydrogens is 512 g/mol. The molecule has 0 rings (SSSR count). The van der Waals surface area contributed by atoms with Gasteiger partial charge in [0.15, 0.2) is 42.4 Å². The van der Waals surface area contributed by atoms with Gasteiger partial charge >= 0.3 is 11.6 Å². The van der Waals surface area contributed by atoms with Crippen LogP contribution in [-0.4, -0.2) is 76.7 Å². The van der Waals surface area contributed by atoms with Crippen molar-refractivity contribution in [3.05, 3.63) is 80.9 Å². The van der Waals surface area contributed by atoms with Gasteiger partial charge in [-0.15, -0.1) is 20.2 Å². The molecule has 0 radical (unpaired) electrons. The van der Waals surface area contributed by atoms with Gasteiger partial charge in [-0.05, 0) is 0 Å². The molecule has 2 atom stereocenters. The molecule has 2 unspecified atom stereocenters. The summed E-state index contributed by atoms with van der Waals surface area (Å²) in [5.74, 6) is -8.79. The molecule has 0 spiro atoms. The van der Waals surface area contributed by atoms with Crippen molar-refractivity contribution in [3.63, 3.8) is 0 Å². The maximum Gasteiger partial charge on any atom is 0.702 e. The Kier molecular flexibility index (Phi) is 9.84. The van der Waals surface area contributed by atoms with Gasteiger partial charge in [-0.2, -0.15) is 0 Å². The second kappa shape index (κ2) is 11.6. The lowest BCUT2D eigenvalue weighted by atomic mass is 10.1. The van der Waals surface area contributed by atoms with Crippen LogP contribution in [0.5, 0.6) is 0 Å². The Morgan fingerprint density at radius 1 is 0.486 bits per heavy atom. The second-order valence-electron chi connectivity index (χ2n) is 5.92. The van der Waals surface area contributed by atoms with Crippen LogP contribution in [0.15, 0.2) is 0 Å². The van der Waals surface area contributed by atoms with Crippen LogP contribution >= 0.6 is 0 Å². The third-order valence-corrected chi connectivity index (χ3v) is 3.87. The van der Waals surface area contributed by atoms with Gasteiger partial charge in [0.05, 0.1) is 0 Å². The normalized spacial score (nSPS) is 13.0. The van der Waals surface area contributed by atoms with E-state index in [2.05, 4.69) is 14.4 Å². The molecule has 35 heavy (non-hydrogen) atoms. The number of ether oxygens (including phenoxy) is 1. The Hall–Kier alpha value is -5.24. The molecule has 0 saturated carbocycles. The zero-order valence-electron chi connectivity index (χ0n) is 16.3. The molecule has 0 heterocycles. The molecule has 0 aromatic heterocycles.